The van der Waals surface area contributed by atoms with Crippen LogP contribution in [0.3, 0.4) is 0 Å². The highest BCUT2D eigenvalue weighted by molar-refractivity contribution is 9.10. The van der Waals surface area contributed by atoms with Gasteiger partial charge in [-0.2, -0.15) is 0 Å². The summed E-state index contributed by atoms with van der Waals surface area (Å²) < 4.78 is 2.13. The van der Waals surface area contributed by atoms with Gasteiger partial charge in [-0.25, -0.2) is 9.48 Å². The zero-order valence-corrected chi connectivity index (χ0v) is 13.0. The van der Waals surface area contributed by atoms with Crippen LogP contribution in [0, 0.1) is 13.8 Å². The van der Waals surface area contributed by atoms with Gasteiger partial charge in [0.05, 0.1) is 6.20 Å². The molecule has 0 saturated carbocycles. The van der Waals surface area contributed by atoms with Crippen molar-refractivity contribution in [1.29, 1.82) is 0 Å². The molecular formula is C13H13BrN4O3. The van der Waals surface area contributed by atoms with E-state index in [-0.39, 0.29) is 18.1 Å². The number of anilines is 1. The number of hydrogen-bond acceptors (Lipinski definition) is 4. The predicted molar refractivity (Wildman–Crippen MR) is 79.2 cm³/mol. The van der Waals surface area contributed by atoms with Gasteiger partial charge in [0.2, 0.25) is 5.91 Å². The summed E-state index contributed by atoms with van der Waals surface area (Å²) in [4.78, 5) is 22.7. The number of aromatic carboxylic acids is 1. The molecule has 1 amide bonds. The third kappa shape index (κ3) is 3.66. The molecule has 0 spiro atoms. The molecule has 110 valence electrons. The Balaban J connectivity index is 2.10. The van der Waals surface area contributed by atoms with Gasteiger partial charge in [-0.3, -0.25) is 4.79 Å². The van der Waals surface area contributed by atoms with Crippen LogP contribution in [0.25, 0.3) is 0 Å². The monoisotopic (exact) mass is 352 g/mol. The van der Waals surface area contributed by atoms with Gasteiger partial charge < -0.3 is 10.4 Å². The van der Waals surface area contributed by atoms with Crippen molar-refractivity contribution in [3.8, 4) is 0 Å². The average Bonchev–Trinajstić information content (AvgIpc) is 2.82. The van der Waals surface area contributed by atoms with E-state index in [4.69, 9.17) is 5.11 Å². The fourth-order valence-electron chi connectivity index (χ4n) is 1.91. The number of carbonyl (C=O) groups is 2. The molecule has 1 heterocycles. The van der Waals surface area contributed by atoms with Crippen molar-refractivity contribution < 1.29 is 14.7 Å². The molecule has 0 aliphatic rings. The third-order valence-corrected chi connectivity index (χ3v) is 3.28. The quantitative estimate of drug-likeness (QED) is 0.876. The Hall–Kier alpha value is -2.22. The molecule has 0 unspecified atom stereocenters. The summed E-state index contributed by atoms with van der Waals surface area (Å²) in [5.74, 6) is -1.48. The van der Waals surface area contributed by atoms with E-state index in [2.05, 4.69) is 31.6 Å². The van der Waals surface area contributed by atoms with Crippen LogP contribution >= 0.6 is 15.9 Å². The summed E-state index contributed by atoms with van der Waals surface area (Å²) in [6, 6.07) is 3.81. The van der Waals surface area contributed by atoms with Crippen molar-refractivity contribution in [3.63, 3.8) is 0 Å². The van der Waals surface area contributed by atoms with Gasteiger partial charge in [-0.1, -0.05) is 21.1 Å². The molecule has 2 rings (SSSR count). The Morgan fingerprint density at radius 1 is 1.33 bits per heavy atom. The SMILES string of the molecule is Cc1cc(Br)cc(C)c1NC(=O)Cn1cc(C(=O)O)nn1. The van der Waals surface area contributed by atoms with E-state index in [0.29, 0.717) is 0 Å². The number of carboxylic acid groups (broad SMARTS) is 1. The van der Waals surface area contributed by atoms with Crippen LogP contribution in [-0.2, 0) is 11.3 Å². The number of aromatic nitrogens is 3. The highest BCUT2D eigenvalue weighted by Gasteiger charge is 2.12. The van der Waals surface area contributed by atoms with E-state index >= 15 is 0 Å². The molecule has 0 radical (unpaired) electrons. The second-order valence-electron chi connectivity index (χ2n) is 4.57. The van der Waals surface area contributed by atoms with Crippen LogP contribution < -0.4 is 5.32 Å². The molecule has 21 heavy (non-hydrogen) atoms. The number of carboxylic acids is 1. The molecule has 0 saturated heterocycles. The predicted octanol–water partition coefficient (Wildman–Crippen LogP) is 1.99. The van der Waals surface area contributed by atoms with E-state index in [9.17, 15) is 9.59 Å². The fraction of sp³-hybridized carbons (Fsp3) is 0.231. The number of aryl methyl sites for hydroxylation is 2. The third-order valence-electron chi connectivity index (χ3n) is 2.83. The van der Waals surface area contributed by atoms with E-state index in [1.807, 2.05) is 26.0 Å². The molecule has 0 aliphatic heterocycles. The molecule has 0 atom stereocenters. The van der Waals surface area contributed by atoms with Crippen LogP contribution in [0.4, 0.5) is 5.69 Å². The normalized spacial score (nSPS) is 10.4. The zero-order chi connectivity index (χ0) is 15.6. The van der Waals surface area contributed by atoms with Crippen molar-refractivity contribution in [1.82, 2.24) is 15.0 Å². The number of nitrogens with one attached hydrogen (secondary N) is 1. The summed E-state index contributed by atoms with van der Waals surface area (Å²) in [6.07, 6.45) is 1.21. The van der Waals surface area contributed by atoms with Crippen LogP contribution in [0.1, 0.15) is 21.6 Å². The Morgan fingerprint density at radius 3 is 2.48 bits per heavy atom. The summed E-state index contributed by atoms with van der Waals surface area (Å²) in [6.45, 7) is 3.69. The van der Waals surface area contributed by atoms with Crippen molar-refractivity contribution >= 4 is 33.5 Å². The molecule has 0 fully saturated rings. The summed E-state index contributed by atoms with van der Waals surface area (Å²) in [5, 5.41) is 18.6. The summed E-state index contributed by atoms with van der Waals surface area (Å²) in [7, 11) is 0. The second kappa shape index (κ2) is 6.04. The van der Waals surface area contributed by atoms with Crippen LogP contribution in [-0.4, -0.2) is 32.0 Å². The Kier molecular flexibility index (Phi) is 4.37. The van der Waals surface area contributed by atoms with E-state index in [0.717, 1.165) is 21.3 Å². The van der Waals surface area contributed by atoms with Gasteiger partial charge in [0.25, 0.3) is 0 Å². The lowest BCUT2D eigenvalue weighted by Gasteiger charge is -2.12. The smallest absolute Gasteiger partial charge is 0.358 e. The van der Waals surface area contributed by atoms with Crippen molar-refractivity contribution in [2.75, 3.05) is 5.32 Å². The molecule has 1 aromatic heterocycles. The fourth-order valence-corrected chi connectivity index (χ4v) is 2.59. The number of benzene rings is 1. The molecule has 0 bridgehead atoms. The number of amides is 1. The molecule has 1 aromatic carbocycles. The lowest BCUT2D eigenvalue weighted by atomic mass is 10.1. The molecule has 0 aliphatic carbocycles. The van der Waals surface area contributed by atoms with Gasteiger partial charge in [0.1, 0.15) is 6.54 Å². The standard InChI is InChI=1S/C13H13BrN4O3/c1-7-3-9(14)4-8(2)12(7)15-11(19)6-18-5-10(13(20)21)16-17-18/h3-5H,6H2,1-2H3,(H,15,19)(H,20,21). The first-order chi connectivity index (χ1) is 9.86. The van der Waals surface area contributed by atoms with Gasteiger partial charge in [0.15, 0.2) is 5.69 Å². The first kappa shape index (κ1) is 15.2. The largest absolute Gasteiger partial charge is 0.476 e. The molecule has 8 heteroatoms. The Morgan fingerprint density at radius 2 is 1.95 bits per heavy atom. The molecular weight excluding hydrogens is 340 g/mol. The average molecular weight is 353 g/mol. The topological polar surface area (TPSA) is 97.1 Å². The van der Waals surface area contributed by atoms with Gasteiger partial charge >= 0.3 is 5.97 Å². The number of hydrogen-bond donors (Lipinski definition) is 2. The minimum absolute atomic E-state index is 0.102. The number of halogens is 1. The van der Waals surface area contributed by atoms with Gasteiger partial charge in [0, 0.05) is 10.2 Å². The first-order valence-corrected chi connectivity index (χ1v) is 6.86. The van der Waals surface area contributed by atoms with E-state index < -0.39 is 5.97 Å². The Labute approximate surface area is 129 Å². The van der Waals surface area contributed by atoms with Crippen LogP contribution in [0.5, 0.6) is 0 Å². The first-order valence-electron chi connectivity index (χ1n) is 6.07. The lowest BCUT2D eigenvalue weighted by Crippen LogP contribution is -2.20. The molecule has 2 aromatic rings. The summed E-state index contributed by atoms with van der Waals surface area (Å²) >= 11 is 3.39. The highest BCUT2D eigenvalue weighted by atomic mass is 79.9. The highest BCUT2D eigenvalue weighted by Crippen LogP contribution is 2.25. The zero-order valence-electron chi connectivity index (χ0n) is 11.4. The van der Waals surface area contributed by atoms with Gasteiger partial charge in [-0.15, -0.1) is 5.10 Å². The maximum atomic E-state index is 12.0. The van der Waals surface area contributed by atoms with Crippen molar-refractivity contribution in [2.24, 2.45) is 0 Å². The second-order valence-corrected chi connectivity index (χ2v) is 5.48. The molecule has 2 N–H and O–H groups in total. The minimum Gasteiger partial charge on any atom is -0.476 e. The van der Waals surface area contributed by atoms with Crippen molar-refractivity contribution in [2.45, 2.75) is 20.4 Å². The Bertz CT molecular complexity index is 688. The molecule has 7 nitrogen and oxygen atoms in total. The van der Waals surface area contributed by atoms with E-state index in [1.54, 1.807) is 0 Å². The lowest BCUT2D eigenvalue weighted by molar-refractivity contribution is -0.116. The maximum absolute atomic E-state index is 12.0. The van der Waals surface area contributed by atoms with Crippen LogP contribution in [0.15, 0.2) is 22.8 Å². The van der Waals surface area contributed by atoms with Gasteiger partial charge in [-0.05, 0) is 37.1 Å². The number of nitrogens with zero attached hydrogens (tertiary/aromatic N) is 3. The number of carbonyl (C=O) groups excluding carboxylic acids is 1. The maximum Gasteiger partial charge on any atom is 0.358 e. The van der Waals surface area contributed by atoms with Crippen LogP contribution in [0.2, 0.25) is 0 Å². The number of rotatable bonds is 4. The summed E-state index contributed by atoms with van der Waals surface area (Å²) in [5.41, 5.74) is 2.40. The van der Waals surface area contributed by atoms with Crippen molar-refractivity contribution in [3.05, 3.63) is 39.6 Å². The van der Waals surface area contributed by atoms with E-state index in [1.165, 1.54) is 10.9 Å². The minimum atomic E-state index is -1.18.